The number of amides is 2. The van der Waals surface area contributed by atoms with E-state index < -0.39 is 29.7 Å². The van der Waals surface area contributed by atoms with Gasteiger partial charge in [0, 0.05) is 48.2 Å². The lowest BCUT2D eigenvalue weighted by Gasteiger charge is -2.25. The Bertz CT molecular complexity index is 1610. The predicted octanol–water partition coefficient (Wildman–Crippen LogP) is 7.06. The summed E-state index contributed by atoms with van der Waals surface area (Å²) in [5.74, 6) is -2.11. The van der Waals surface area contributed by atoms with Crippen LogP contribution < -0.4 is 10.6 Å². The minimum atomic E-state index is -1.09. The van der Waals surface area contributed by atoms with E-state index in [4.69, 9.17) is 0 Å². The van der Waals surface area contributed by atoms with Crippen LogP contribution in [0.3, 0.4) is 0 Å². The number of carbonyl (C=O) groups is 2. The van der Waals surface area contributed by atoms with E-state index >= 15 is 0 Å². The van der Waals surface area contributed by atoms with Crippen molar-refractivity contribution >= 4 is 23.2 Å². The van der Waals surface area contributed by atoms with Gasteiger partial charge in [0.2, 0.25) is 0 Å². The number of thiophene rings is 1. The maximum atomic E-state index is 14.1. The first-order chi connectivity index (χ1) is 22.1. The zero-order valence-electron chi connectivity index (χ0n) is 26.9. The molecule has 244 valence electrons. The number of aliphatic hydroxyl groups is 1. The van der Waals surface area contributed by atoms with Gasteiger partial charge in [-0.25, -0.2) is 8.78 Å². The molecular weight excluding hydrogens is 604 g/mol. The summed E-state index contributed by atoms with van der Waals surface area (Å²) in [5, 5.41) is 19.5. The maximum absolute atomic E-state index is 14.1. The van der Waals surface area contributed by atoms with Gasteiger partial charge < -0.3 is 20.6 Å². The number of nitrogens with one attached hydrogen (secondary N) is 2. The van der Waals surface area contributed by atoms with Crippen molar-refractivity contribution in [3.05, 3.63) is 117 Å². The largest absolute Gasteiger partial charge is 0.390 e. The lowest BCUT2D eigenvalue weighted by Crippen LogP contribution is -2.48. The van der Waals surface area contributed by atoms with Crippen LogP contribution in [0.2, 0.25) is 0 Å². The molecule has 0 spiro atoms. The highest BCUT2D eigenvalue weighted by Crippen LogP contribution is 2.27. The van der Waals surface area contributed by atoms with Gasteiger partial charge >= 0.3 is 0 Å². The van der Waals surface area contributed by atoms with Crippen molar-refractivity contribution < 1.29 is 23.5 Å². The van der Waals surface area contributed by atoms with Crippen molar-refractivity contribution in [3.63, 3.8) is 0 Å². The number of benzene rings is 3. The second kappa shape index (κ2) is 16.6. The number of aryl methyl sites for hydroxylation is 2. The fourth-order valence-electron chi connectivity index (χ4n) is 5.52. The average molecular weight is 648 g/mol. The molecule has 1 aromatic heterocycles. The Kier molecular flexibility index (Phi) is 12.6. The maximum Gasteiger partial charge on any atom is 0.253 e. The molecule has 2 amide bonds. The van der Waals surface area contributed by atoms with Gasteiger partial charge in [-0.3, -0.25) is 9.59 Å². The zero-order chi connectivity index (χ0) is 33.2. The number of aliphatic hydroxyl groups excluding tert-OH is 1. The molecule has 46 heavy (non-hydrogen) atoms. The Labute approximate surface area is 274 Å². The molecule has 4 rings (SSSR count). The van der Waals surface area contributed by atoms with E-state index in [9.17, 15) is 23.5 Å². The third kappa shape index (κ3) is 9.79. The Morgan fingerprint density at radius 1 is 0.870 bits per heavy atom. The fraction of sp³-hybridized carbons (Fsp3) is 0.351. The van der Waals surface area contributed by atoms with Crippen LogP contribution in [0.4, 0.5) is 8.78 Å². The molecular formula is C37H43F2N3O3S. The highest BCUT2D eigenvalue weighted by Gasteiger charge is 2.24. The Morgan fingerprint density at radius 2 is 1.57 bits per heavy atom. The zero-order valence-corrected chi connectivity index (χ0v) is 27.7. The summed E-state index contributed by atoms with van der Waals surface area (Å²) < 4.78 is 28.1. The summed E-state index contributed by atoms with van der Waals surface area (Å²) >= 11 is 1.68. The highest BCUT2D eigenvalue weighted by atomic mass is 32.1. The van der Waals surface area contributed by atoms with E-state index in [0.29, 0.717) is 30.8 Å². The van der Waals surface area contributed by atoms with Gasteiger partial charge in [0.25, 0.3) is 11.8 Å². The summed E-state index contributed by atoms with van der Waals surface area (Å²) in [6, 6.07) is 17.6. The van der Waals surface area contributed by atoms with Crippen LogP contribution in [0.15, 0.2) is 72.1 Å². The molecule has 0 aliphatic rings. The van der Waals surface area contributed by atoms with E-state index in [1.165, 1.54) is 22.6 Å². The number of rotatable bonds is 15. The highest BCUT2D eigenvalue weighted by molar-refractivity contribution is 7.13. The molecule has 0 saturated heterocycles. The van der Waals surface area contributed by atoms with Crippen molar-refractivity contribution in [3.8, 4) is 10.4 Å². The van der Waals surface area contributed by atoms with Gasteiger partial charge in [0.1, 0.15) is 11.6 Å². The summed E-state index contributed by atoms with van der Waals surface area (Å²) in [6.07, 6.45) is 0.543. The van der Waals surface area contributed by atoms with Crippen molar-refractivity contribution in [2.24, 2.45) is 0 Å². The van der Waals surface area contributed by atoms with Gasteiger partial charge in [0.15, 0.2) is 0 Å². The van der Waals surface area contributed by atoms with E-state index in [2.05, 4.69) is 41.1 Å². The van der Waals surface area contributed by atoms with E-state index in [1.807, 2.05) is 32.9 Å². The Morgan fingerprint density at radius 3 is 2.22 bits per heavy atom. The minimum absolute atomic E-state index is 0.00510. The average Bonchev–Trinajstić information content (AvgIpc) is 3.45. The van der Waals surface area contributed by atoms with E-state index in [0.717, 1.165) is 35.6 Å². The first-order valence-electron chi connectivity index (χ1n) is 15.8. The van der Waals surface area contributed by atoms with Gasteiger partial charge in [-0.2, -0.15) is 0 Å². The lowest BCUT2D eigenvalue weighted by atomic mass is 9.99. The Hall–Kier alpha value is -3.92. The number of hydrogen-bond acceptors (Lipinski definition) is 5. The van der Waals surface area contributed by atoms with Crippen LogP contribution in [0.1, 0.15) is 69.7 Å². The van der Waals surface area contributed by atoms with Crippen LogP contribution in [-0.2, 0) is 13.0 Å². The second-order valence-electron chi connectivity index (χ2n) is 11.8. The van der Waals surface area contributed by atoms with Gasteiger partial charge in [-0.1, -0.05) is 32.0 Å². The van der Waals surface area contributed by atoms with Gasteiger partial charge in [-0.15, -0.1) is 11.3 Å². The molecule has 0 radical (unpaired) electrons. The lowest BCUT2D eigenvalue weighted by molar-refractivity contribution is 0.0755. The van der Waals surface area contributed by atoms with Crippen LogP contribution in [0.25, 0.3) is 10.4 Å². The van der Waals surface area contributed by atoms with Gasteiger partial charge in [0.05, 0.1) is 12.1 Å². The molecule has 1 heterocycles. The predicted molar refractivity (Wildman–Crippen MR) is 181 cm³/mol. The van der Waals surface area contributed by atoms with Crippen molar-refractivity contribution in [1.82, 2.24) is 15.5 Å². The molecule has 0 aliphatic carbocycles. The van der Waals surface area contributed by atoms with Crippen LogP contribution in [-0.4, -0.2) is 53.6 Å². The molecule has 2 atom stereocenters. The molecule has 0 aliphatic heterocycles. The van der Waals surface area contributed by atoms with E-state index in [1.54, 1.807) is 34.4 Å². The quantitative estimate of drug-likeness (QED) is 0.129. The minimum Gasteiger partial charge on any atom is -0.390 e. The molecule has 9 heteroatoms. The van der Waals surface area contributed by atoms with Crippen molar-refractivity contribution in [2.75, 3.05) is 19.6 Å². The monoisotopic (exact) mass is 647 g/mol. The SMILES string of the molecule is CCCN(CCC)C(=O)c1cc(C)cc(C(=O)N[C@@H](Cc2cc(F)cc(F)c2)[C@H](O)CNCc2cccc(-c3cc(C)cs3)c2)c1. The summed E-state index contributed by atoms with van der Waals surface area (Å²) in [5.41, 5.74) is 5.08. The summed E-state index contributed by atoms with van der Waals surface area (Å²) in [6.45, 7) is 9.73. The smallest absolute Gasteiger partial charge is 0.253 e. The molecule has 0 saturated carbocycles. The molecule has 3 N–H and O–H groups in total. The van der Waals surface area contributed by atoms with Crippen LogP contribution >= 0.6 is 11.3 Å². The number of nitrogens with zero attached hydrogens (tertiary/aromatic N) is 1. The number of carbonyl (C=O) groups excluding carboxylic acids is 2. The molecule has 0 fully saturated rings. The third-order valence-corrected chi connectivity index (χ3v) is 8.74. The third-order valence-electron chi connectivity index (χ3n) is 7.64. The van der Waals surface area contributed by atoms with Crippen molar-refractivity contribution in [1.29, 1.82) is 0 Å². The summed E-state index contributed by atoms with van der Waals surface area (Å²) in [7, 11) is 0. The molecule has 3 aromatic carbocycles. The molecule has 0 bridgehead atoms. The summed E-state index contributed by atoms with van der Waals surface area (Å²) in [4.78, 5) is 29.8. The molecule has 6 nitrogen and oxygen atoms in total. The fourth-order valence-corrected chi connectivity index (χ4v) is 6.41. The van der Waals surface area contributed by atoms with Crippen LogP contribution in [0, 0.1) is 25.5 Å². The topological polar surface area (TPSA) is 81.7 Å². The van der Waals surface area contributed by atoms with Crippen molar-refractivity contribution in [2.45, 2.75) is 65.6 Å². The molecule has 0 unspecified atom stereocenters. The van der Waals surface area contributed by atoms with Crippen LogP contribution in [0.5, 0.6) is 0 Å². The number of hydrogen-bond donors (Lipinski definition) is 3. The second-order valence-corrected chi connectivity index (χ2v) is 12.7. The molecule has 4 aromatic rings. The van der Waals surface area contributed by atoms with Gasteiger partial charge in [-0.05, 0) is 109 Å². The first-order valence-corrected chi connectivity index (χ1v) is 16.6. The number of halogens is 2. The van der Waals surface area contributed by atoms with E-state index in [-0.39, 0.29) is 24.4 Å². The Balaban J connectivity index is 1.50. The standard InChI is InChI=1S/C37H43F2N3O3S/c1-5-10-42(11-6-2)37(45)30-13-24(3)12-29(19-30)36(44)41-33(18-27-16-31(38)20-32(39)17-27)34(43)22-40-21-26-8-7-9-28(15-26)35-14-25(4)23-46-35/h7-9,12-17,19-20,23,33-34,40,43H,5-6,10-11,18,21-22H2,1-4H3,(H,41,44)/t33-,34+/m0/s1. The normalized spacial score (nSPS) is 12.5. The first kappa shape index (κ1) is 34.9.